The minimum absolute atomic E-state index is 0.339. The van der Waals surface area contributed by atoms with Gasteiger partial charge in [-0.1, -0.05) is 30.3 Å². The second-order valence-electron chi connectivity index (χ2n) is 4.17. The lowest BCUT2D eigenvalue weighted by Crippen LogP contribution is -2.31. The molecule has 0 amide bonds. The van der Waals surface area contributed by atoms with E-state index in [0.717, 1.165) is 26.4 Å². The molecule has 0 radical (unpaired) electrons. The number of methoxy groups -OCH3 is 1. The number of hydrogen-bond donors (Lipinski definition) is 1. The second-order valence-corrected chi connectivity index (χ2v) is 5.98. The number of hydrogen-bond acceptors (Lipinski definition) is 4. The molecule has 0 aromatic heterocycles. The number of aryl methyl sites for hydroxylation is 1. The average molecular weight is 285 g/mol. The van der Waals surface area contributed by atoms with Gasteiger partial charge in [-0.15, -0.1) is 0 Å². The molecule has 1 aromatic carbocycles. The maximum Gasteiger partial charge on any atom is 0.322 e. The van der Waals surface area contributed by atoms with Crippen molar-refractivity contribution in [2.45, 2.75) is 19.3 Å². The first-order valence-corrected chi connectivity index (χ1v) is 7.77. The molecule has 0 aliphatic rings. The molecule has 0 atom stereocenters. The van der Waals surface area contributed by atoms with Crippen molar-refractivity contribution >= 4 is 16.0 Å². The largest absolute Gasteiger partial charge is 0.468 e. The highest BCUT2D eigenvalue weighted by atomic mass is 32.2. The number of carbonyl (C=O) groups excluding carboxylic acids is 1. The number of ether oxygens (including phenoxy) is 1. The van der Waals surface area contributed by atoms with Crippen LogP contribution in [0.3, 0.4) is 0 Å². The van der Waals surface area contributed by atoms with Crippen LogP contribution < -0.4 is 4.72 Å². The maximum absolute atomic E-state index is 11.4. The Morgan fingerprint density at radius 2 is 1.89 bits per heavy atom. The van der Waals surface area contributed by atoms with Crippen LogP contribution in [0.25, 0.3) is 0 Å². The summed E-state index contributed by atoms with van der Waals surface area (Å²) in [5, 5.41) is 0. The second kappa shape index (κ2) is 7.91. The van der Waals surface area contributed by atoms with Crippen LogP contribution in [0.4, 0.5) is 0 Å². The molecule has 106 valence electrons. The highest BCUT2D eigenvalue weighted by molar-refractivity contribution is 7.90. The van der Waals surface area contributed by atoms with E-state index in [1.165, 1.54) is 5.56 Å². The Bertz CT molecular complexity index is 485. The van der Waals surface area contributed by atoms with Gasteiger partial charge in [-0.05, 0) is 24.8 Å². The van der Waals surface area contributed by atoms with Crippen molar-refractivity contribution in [1.29, 1.82) is 0 Å². The maximum atomic E-state index is 11.4. The SMILES string of the molecule is COC(=O)CS(=O)(=O)NCCCCc1ccccc1. The number of unbranched alkanes of at least 4 members (excludes halogenated alkanes) is 1. The van der Waals surface area contributed by atoms with E-state index in [1.54, 1.807) is 0 Å². The van der Waals surface area contributed by atoms with Crippen LogP contribution >= 0.6 is 0 Å². The van der Waals surface area contributed by atoms with Crippen molar-refractivity contribution < 1.29 is 17.9 Å². The first kappa shape index (κ1) is 15.7. The van der Waals surface area contributed by atoms with Gasteiger partial charge in [-0.2, -0.15) is 0 Å². The van der Waals surface area contributed by atoms with E-state index in [2.05, 4.69) is 9.46 Å². The zero-order valence-corrected chi connectivity index (χ0v) is 11.8. The molecule has 0 unspecified atom stereocenters. The van der Waals surface area contributed by atoms with Gasteiger partial charge in [0.2, 0.25) is 10.0 Å². The number of benzene rings is 1. The predicted octanol–water partition coefficient (Wildman–Crippen LogP) is 1.10. The molecule has 0 aliphatic heterocycles. The molecule has 1 aromatic rings. The van der Waals surface area contributed by atoms with Crippen LogP contribution in [-0.4, -0.2) is 33.8 Å². The molecule has 0 bridgehead atoms. The van der Waals surface area contributed by atoms with Gasteiger partial charge in [0.1, 0.15) is 0 Å². The highest BCUT2D eigenvalue weighted by Crippen LogP contribution is 2.04. The third-order valence-corrected chi connectivity index (χ3v) is 3.85. The lowest BCUT2D eigenvalue weighted by atomic mass is 10.1. The normalized spacial score (nSPS) is 11.2. The van der Waals surface area contributed by atoms with Crippen molar-refractivity contribution in [1.82, 2.24) is 4.72 Å². The summed E-state index contributed by atoms with van der Waals surface area (Å²) >= 11 is 0. The summed E-state index contributed by atoms with van der Waals surface area (Å²) in [6.45, 7) is 0.339. The van der Waals surface area contributed by atoms with Gasteiger partial charge >= 0.3 is 5.97 Å². The molecule has 0 saturated heterocycles. The van der Waals surface area contributed by atoms with Gasteiger partial charge in [0.05, 0.1) is 7.11 Å². The quantitative estimate of drug-likeness (QED) is 0.573. The van der Waals surface area contributed by atoms with Gasteiger partial charge in [0, 0.05) is 6.54 Å². The number of nitrogens with one attached hydrogen (secondary N) is 1. The molecule has 0 aliphatic carbocycles. The third kappa shape index (κ3) is 6.93. The van der Waals surface area contributed by atoms with Crippen LogP contribution in [-0.2, 0) is 26.0 Å². The number of sulfonamides is 1. The Balaban J connectivity index is 2.19. The zero-order chi connectivity index (χ0) is 14.1. The van der Waals surface area contributed by atoms with E-state index >= 15 is 0 Å². The summed E-state index contributed by atoms with van der Waals surface area (Å²) in [5.41, 5.74) is 1.24. The molecular formula is C13H19NO4S. The molecular weight excluding hydrogens is 266 g/mol. The molecule has 0 saturated carbocycles. The molecule has 0 spiro atoms. The van der Waals surface area contributed by atoms with Crippen LogP contribution in [0.15, 0.2) is 30.3 Å². The van der Waals surface area contributed by atoms with E-state index in [-0.39, 0.29) is 0 Å². The molecule has 5 nitrogen and oxygen atoms in total. The summed E-state index contributed by atoms with van der Waals surface area (Å²) in [6.07, 6.45) is 2.54. The first-order chi connectivity index (χ1) is 9.03. The standard InChI is InChI=1S/C13H19NO4S/c1-18-13(15)11-19(16,17)14-10-6-5-9-12-7-3-2-4-8-12/h2-4,7-8,14H,5-6,9-11H2,1H3. The van der Waals surface area contributed by atoms with Crippen LogP contribution in [0.1, 0.15) is 18.4 Å². The Labute approximate surface area is 114 Å². The van der Waals surface area contributed by atoms with E-state index in [9.17, 15) is 13.2 Å². The summed E-state index contributed by atoms with van der Waals surface area (Å²) in [5.74, 6) is -1.38. The molecule has 1 rings (SSSR count). The van der Waals surface area contributed by atoms with Gasteiger partial charge in [0.25, 0.3) is 0 Å². The Morgan fingerprint density at radius 1 is 1.21 bits per heavy atom. The molecule has 0 heterocycles. The topological polar surface area (TPSA) is 72.5 Å². The lowest BCUT2D eigenvalue weighted by molar-refractivity contribution is -0.137. The van der Waals surface area contributed by atoms with Gasteiger partial charge in [-0.25, -0.2) is 13.1 Å². The average Bonchev–Trinajstić information content (AvgIpc) is 2.38. The third-order valence-electron chi connectivity index (χ3n) is 2.59. The van der Waals surface area contributed by atoms with Crippen LogP contribution in [0.2, 0.25) is 0 Å². The molecule has 19 heavy (non-hydrogen) atoms. The lowest BCUT2D eigenvalue weighted by Gasteiger charge is -2.05. The number of rotatable bonds is 8. The van der Waals surface area contributed by atoms with Crippen molar-refractivity contribution in [3.8, 4) is 0 Å². The summed E-state index contributed by atoms with van der Waals surface area (Å²) in [4.78, 5) is 10.9. The van der Waals surface area contributed by atoms with Gasteiger partial charge in [0.15, 0.2) is 5.75 Å². The highest BCUT2D eigenvalue weighted by Gasteiger charge is 2.15. The first-order valence-electron chi connectivity index (χ1n) is 6.11. The van der Waals surface area contributed by atoms with E-state index in [1.807, 2.05) is 30.3 Å². The number of carbonyl (C=O) groups is 1. The smallest absolute Gasteiger partial charge is 0.322 e. The molecule has 6 heteroatoms. The minimum Gasteiger partial charge on any atom is -0.468 e. The number of esters is 1. The van der Waals surface area contributed by atoms with Crippen molar-refractivity contribution in [3.63, 3.8) is 0 Å². The Morgan fingerprint density at radius 3 is 2.53 bits per heavy atom. The molecule has 1 N–H and O–H groups in total. The van der Waals surface area contributed by atoms with E-state index in [0.29, 0.717) is 6.54 Å². The predicted molar refractivity (Wildman–Crippen MR) is 73.2 cm³/mol. The Kier molecular flexibility index (Phi) is 6.52. The summed E-state index contributed by atoms with van der Waals surface area (Å²) in [6, 6.07) is 10.0. The molecule has 0 fully saturated rings. The fraction of sp³-hybridized carbons (Fsp3) is 0.462. The van der Waals surface area contributed by atoms with Gasteiger partial charge in [-0.3, -0.25) is 4.79 Å². The van der Waals surface area contributed by atoms with Gasteiger partial charge < -0.3 is 4.74 Å². The van der Waals surface area contributed by atoms with E-state index < -0.39 is 21.7 Å². The van der Waals surface area contributed by atoms with Crippen LogP contribution in [0.5, 0.6) is 0 Å². The van der Waals surface area contributed by atoms with E-state index in [4.69, 9.17) is 0 Å². The van der Waals surface area contributed by atoms with Crippen LogP contribution in [0, 0.1) is 0 Å². The minimum atomic E-state index is -3.56. The fourth-order valence-electron chi connectivity index (χ4n) is 1.59. The van der Waals surface area contributed by atoms with Crippen molar-refractivity contribution in [2.75, 3.05) is 19.4 Å². The fourth-order valence-corrected chi connectivity index (χ4v) is 2.58. The monoisotopic (exact) mass is 285 g/mol. The van der Waals surface area contributed by atoms with Crippen molar-refractivity contribution in [2.24, 2.45) is 0 Å². The zero-order valence-electron chi connectivity index (χ0n) is 11.0. The van der Waals surface area contributed by atoms with Crippen molar-refractivity contribution in [3.05, 3.63) is 35.9 Å². The summed E-state index contributed by atoms with van der Waals surface area (Å²) < 4.78 is 29.5. The summed E-state index contributed by atoms with van der Waals surface area (Å²) in [7, 11) is -2.40. The Hall–Kier alpha value is -1.40.